The molecule has 0 radical (unpaired) electrons. The van der Waals surface area contributed by atoms with Gasteiger partial charge in [0.05, 0.1) is 23.6 Å². The molecule has 1 heterocycles. The van der Waals surface area contributed by atoms with Gasteiger partial charge in [-0.1, -0.05) is 0 Å². The van der Waals surface area contributed by atoms with Gasteiger partial charge in [-0.25, -0.2) is 12.8 Å². The van der Waals surface area contributed by atoms with Gasteiger partial charge in [0, 0.05) is 19.7 Å². The summed E-state index contributed by atoms with van der Waals surface area (Å²) in [4.78, 5) is 14.3. The number of piperidine rings is 1. The van der Waals surface area contributed by atoms with E-state index in [4.69, 9.17) is 10.5 Å². The summed E-state index contributed by atoms with van der Waals surface area (Å²) >= 11 is 0. The Morgan fingerprint density at radius 3 is 2.62 bits per heavy atom. The predicted octanol–water partition coefficient (Wildman–Crippen LogP) is 1.59. The second-order valence-corrected chi connectivity index (χ2v) is 7.82. The molecule has 1 aliphatic rings. The fourth-order valence-electron chi connectivity index (χ4n) is 2.71. The third-order valence-electron chi connectivity index (χ3n) is 3.94. The lowest BCUT2D eigenvalue weighted by atomic mass is 10.1. The highest BCUT2D eigenvalue weighted by atomic mass is 35.5. The van der Waals surface area contributed by atoms with Crippen LogP contribution >= 0.6 is 12.4 Å². The highest BCUT2D eigenvalue weighted by Crippen LogP contribution is 2.23. The lowest BCUT2D eigenvalue weighted by molar-refractivity contribution is 0.00846. The molecule has 1 amide bonds. The third-order valence-corrected chi connectivity index (χ3v) is 4.53. The maximum absolute atomic E-state index is 13.6. The molecule has 0 saturated carbocycles. The molecule has 2 rings (SSSR count). The number of rotatable bonds is 7. The van der Waals surface area contributed by atoms with Crippen LogP contribution in [-0.2, 0) is 14.8 Å². The highest BCUT2D eigenvalue weighted by Gasteiger charge is 2.26. The molecule has 0 atom stereocenters. The van der Waals surface area contributed by atoms with Crippen molar-refractivity contribution in [3.05, 3.63) is 29.6 Å². The largest absolute Gasteiger partial charge is 0.378 e. The van der Waals surface area contributed by atoms with Gasteiger partial charge >= 0.3 is 0 Å². The molecule has 0 unspecified atom stereocenters. The number of carbonyl (C=O) groups is 1. The van der Waals surface area contributed by atoms with Crippen LogP contribution in [0.3, 0.4) is 0 Å². The zero-order chi connectivity index (χ0) is 18.4. The van der Waals surface area contributed by atoms with Gasteiger partial charge in [-0.15, -0.1) is 12.4 Å². The molecule has 1 fully saturated rings. The van der Waals surface area contributed by atoms with Crippen LogP contribution in [0, 0.1) is 5.82 Å². The van der Waals surface area contributed by atoms with Crippen molar-refractivity contribution in [2.24, 2.45) is 5.73 Å². The topological polar surface area (TPSA) is 102 Å². The van der Waals surface area contributed by atoms with Crippen LogP contribution < -0.4 is 10.5 Å². The Morgan fingerprint density at radius 1 is 1.38 bits per heavy atom. The van der Waals surface area contributed by atoms with Crippen molar-refractivity contribution in [3.8, 4) is 0 Å². The van der Waals surface area contributed by atoms with Gasteiger partial charge in [-0.3, -0.25) is 9.52 Å². The summed E-state index contributed by atoms with van der Waals surface area (Å²) in [5, 5.41) is 0. The highest BCUT2D eigenvalue weighted by molar-refractivity contribution is 7.92. The smallest absolute Gasteiger partial charge is 0.256 e. The number of nitrogens with one attached hydrogen (secondary N) is 1. The van der Waals surface area contributed by atoms with Crippen molar-refractivity contribution < 1.29 is 22.3 Å². The van der Waals surface area contributed by atoms with Gasteiger partial charge in [0.15, 0.2) is 0 Å². The molecular formula is C16H25ClFN3O4S. The van der Waals surface area contributed by atoms with Crippen LogP contribution in [0.15, 0.2) is 18.2 Å². The Balaban J connectivity index is 0.00000338. The SMILES string of the molecule is CS(=O)(=O)Nc1ccc(F)cc1C(=O)N1CCC(OCCCN)CC1.Cl. The first-order valence-corrected chi connectivity index (χ1v) is 10.1. The van der Waals surface area contributed by atoms with E-state index in [0.29, 0.717) is 39.1 Å². The summed E-state index contributed by atoms with van der Waals surface area (Å²) in [6.45, 7) is 2.12. The van der Waals surface area contributed by atoms with Crippen LogP contribution in [0.25, 0.3) is 0 Å². The number of sulfonamides is 1. The van der Waals surface area contributed by atoms with E-state index in [1.165, 1.54) is 6.07 Å². The van der Waals surface area contributed by atoms with Gasteiger partial charge in [-0.05, 0) is 44.0 Å². The fraction of sp³-hybridized carbons (Fsp3) is 0.562. The van der Waals surface area contributed by atoms with Gasteiger partial charge in [-0.2, -0.15) is 0 Å². The average Bonchev–Trinajstić information content (AvgIpc) is 2.55. The summed E-state index contributed by atoms with van der Waals surface area (Å²) in [6, 6.07) is 3.42. The molecule has 0 aromatic heterocycles. The predicted molar refractivity (Wildman–Crippen MR) is 101 cm³/mol. The van der Waals surface area contributed by atoms with Crippen molar-refractivity contribution in [1.82, 2.24) is 4.90 Å². The number of nitrogens with zero attached hydrogens (tertiary/aromatic N) is 1. The van der Waals surface area contributed by atoms with E-state index in [2.05, 4.69) is 4.72 Å². The molecule has 1 aromatic carbocycles. The number of carbonyl (C=O) groups excluding carboxylic acids is 1. The molecular weight excluding hydrogens is 385 g/mol. The Bertz CT molecular complexity index is 709. The van der Waals surface area contributed by atoms with Gasteiger partial charge in [0.1, 0.15) is 5.82 Å². The first-order chi connectivity index (χ1) is 11.8. The molecule has 7 nitrogen and oxygen atoms in total. The molecule has 3 N–H and O–H groups in total. The number of hydrogen-bond acceptors (Lipinski definition) is 5. The monoisotopic (exact) mass is 409 g/mol. The molecule has 0 bridgehead atoms. The summed E-state index contributed by atoms with van der Waals surface area (Å²) in [5.41, 5.74) is 5.51. The number of likely N-dealkylation sites (tertiary alicyclic amines) is 1. The number of hydrogen-bond donors (Lipinski definition) is 2. The van der Waals surface area contributed by atoms with E-state index in [-0.39, 0.29) is 29.8 Å². The number of amides is 1. The maximum atomic E-state index is 13.6. The van der Waals surface area contributed by atoms with Crippen LogP contribution in [0.5, 0.6) is 0 Å². The molecule has 0 spiro atoms. The van der Waals surface area contributed by atoms with Crippen molar-refractivity contribution in [2.45, 2.75) is 25.4 Å². The number of benzene rings is 1. The quantitative estimate of drug-likeness (QED) is 0.666. The molecule has 0 aliphatic carbocycles. The fourth-order valence-corrected chi connectivity index (χ4v) is 3.29. The molecule has 1 aromatic rings. The van der Waals surface area contributed by atoms with E-state index < -0.39 is 21.7 Å². The summed E-state index contributed by atoms with van der Waals surface area (Å²) < 4.78 is 44.4. The lowest BCUT2D eigenvalue weighted by Crippen LogP contribution is -2.41. The number of ether oxygens (including phenoxy) is 1. The number of anilines is 1. The van der Waals surface area contributed by atoms with E-state index in [1.807, 2.05) is 0 Å². The van der Waals surface area contributed by atoms with Crippen molar-refractivity contribution in [3.63, 3.8) is 0 Å². The average molecular weight is 410 g/mol. The van der Waals surface area contributed by atoms with E-state index in [1.54, 1.807) is 4.90 Å². The Kier molecular flexibility index (Phi) is 8.75. The second-order valence-electron chi connectivity index (χ2n) is 6.07. The van der Waals surface area contributed by atoms with E-state index in [0.717, 1.165) is 24.8 Å². The van der Waals surface area contributed by atoms with Crippen LogP contribution in [0.1, 0.15) is 29.6 Å². The molecule has 148 valence electrons. The second kappa shape index (κ2) is 10.1. The minimum atomic E-state index is -3.57. The summed E-state index contributed by atoms with van der Waals surface area (Å²) in [5.74, 6) is -0.992. The molecule has 1 saturated heterocycles. The first-order valence-electron chi connectivity index (χ1n) is 8.18. The molecule has 10 heteroatoms. The van der Waals surface area contributed by atoms with Crippen LogP contribution in [0.2, 0.25) is 0 Å². The normalized spacial score (nSPS) is 15.4. The zero-order valence-electron chi connectivity index (χ0n) is 14.6. The van der Waals surface area contributed by atoms with Crippen LogP contribution in [0.4, 0.5) is 10.1 Å². The minimum absolute atomic E-state index is 0. The van der Waals surface area contributed by atoms with Gasteiger partial charge in [0.25, 0.3) is 5.91 Å². The molecule has 26 heavy (non-hydrogen) atoms. The van der Waals surface area contributed by atoms with Crippen molar-refractivity contribution in [1.29, 1.82) is 0 Å². The molecule has 1 aliphatic heterocycles. The number of halogens is 2. The zero-order valence-corrected chi connectivity index (χ0v) is 16.2. The number of nitrogens with two attached hydrogens (primary N) is 1. The van der Waals surface area contributed by atoms with Crippen molar-refractivity contribution >= 4 is 34.0 Å². The van der Waals surface area contributed by atoms with Crippen molar-refractivity contribution in [2.75, 3.05) is 37.2 Å². The standard InChI is InChI=1S/C16H24FN3O4S.ClH/c1-25(22,23)19-15-4-3-12(17)11-14(15)16(21)20-8-5-13(6-9-20)24-10-2-7-18;/h3-4,11,13,19H,2,5-10,18H2,1H3;1H. The Labute approximate surface area is 159 Å². The first kappa shape index (κ1) is 22.6. The summed E-state index contributed by atoms with van der Waals surface area (Å²) in [6.07, 6.45) is 3.22. The lowest BCUT2D eigenvalue weighted by Gasteiger charge is -2.32. The van der Waals surface area contributed by atoms with Gasteiger partial charge in [0.2, 0.25) is 10.0 Å². The van der Waals surface area contributed by atoms with E-state index >= 15 is 0 Å². The Hall–Kier alpha value is -1.42. The summed E-state index contributed by atoms with van der Waals surface area (Å²) in [7, 11) is -3.57. The minimum Gasteiger partial charge on any atom is -0.378 e. The van der Waals surface area contributed by atoms with Crippen LogP contribution in [-0.4, -0.2) is 57.8 Å². The van der Waals surface area contributed by atoms with Gasteiger partial charge < -0.3 is 15.4 Å². The van der Waals surface area contributed by atoms with E-state index in [9.17, 15) is 17.6 Å². The Morgan fingerprint density at radius 2 is 2.04 bits per heavy atom. The maximum Gasteiger partial charge on any atom is 0.256 e. The third kappa shape index (κ3) is 6.71.